The van der Waals surface area contributed by atoms with Crippen LogP contribution in [0.5, 0.6) is 5.88 Å². The van der Waals surface area contributed by atoms with Crippen LogP contribution in [0.4, 0.5) is 0 Å². The van der Waals surface area contributed by atoms with E-state index in [-0.39, 0.29) is 12.2 Å². The van der Waals surface area contributed by atoms with Gasteiger partial charge in [0, 0.05) is 10.9 Å². The molecule has 2 fully saturated rings. The minimum absolute atomic E-state index is 0.236. The fourth-order valence-corrected chi connectivity index (χ4v) is 8.20. The molecule has 2 atom stereocenters. The van der Waals surface area contributed by atoms with Crippen molar-refractivity contribution in [1.82, 2.24) is 14.9 Å². The van der Waals surface area contributed by atoms with Gasteiger partial charge in [0.1, 0.15) is 23.4 Å². The normalized spacial score (nSPS) is 26.9. The molecule has 3 aliphatic rings. The lowest BCUT2D eigenvalue weighted by molar-refractivity contribution is 0.0978. The van der Waals surface area contributed by atoms with Crippen LogP contribution in [0.15, 0.2) is 6.33 Å². The number of aryl methyl sites for hydroxylation is 1. The van der Waals surface area contributed by atoms with Crippen molar-refractivity contribution in [3.8, 4) is 11.9 Å². The maximum absolute atomic E-state index is 9.73. The largest absolute Gasteiger partial charge is 0.474 e. The molecule has 6 nitrogen and oxygen atoms in total. The Morgan fingerprint density at radius 3 is 2.61 bits per heavy atom. The van der Waals surface area contributed by atoms with Gasteiger partial charge in [0.15, 0.2) is 8.32 Å². The first-order valence-corrected chi connectivity index (χ1v) is 16.9. The lowest BCUT2D eigenvalue weighted by Crippen LogP contribution is -2.38. The summed E-state index contributed by atoms with van der Waals surface area (Å²) in [6.07, 6.45) is 11.8. The van der Waals surface area contributed by atoms with Gasteiger partial charge in [0.25, 0.3) is 0 Å². The average molecular weight is 485 g/mol. The summed E-state index contributed by atoms with van der Waals surface area (Å²) >= 11 is 1.78. The van der Waals surface area contributed by atoms with Crippen LogP contribution < -0.4 is 4.74 Å². The number of fused-ring (bicyclic) bond motifs is 3. The number of aromatic nitrogens is 2. The van der Waals surface area contributed by atoms with Crippen molar-refractivity contribution in [3.05, 3.63) is 16.8 Å². The van der Waals surface area contributed by atoms with Crippen molar-refractivity contribution >= 4 is 29.9 Å². The van der Waals surface area contributed by atoms with E-state index in [1.807, 2.05) is 0 Å². The van der Waals surface area contributed by atoms with Gasteiger partial charge in [-0.3, -0.25) is 0 Å². The summed E-state index contributed by atoms with van der Waals surface area (Å²) in [4.78, 5) is 14.3. The minimum Gasteiger partial charge on any atom is -0.474 e. The zero-order valence-electron chi connectivity index (χ0n) is 20.2. The molecule has 0 spiro atoms. The van der Waals surface area contributed by atoms with E-state index in [0.29, 0.717) is 5.92 Å². The van der Waals surface area contributed by atoms with Crippen molar-refractivity contribution in [2.45, 2.75) is 102 Å². The number of thiophene rings is 1. The van der Waals surface area contributed by atoms with Gasteiger partial charge in [-0.15, -0.1) is 11.3 Å². The van der Waals surface area contributed by atoms with Crippen LogP contribution in [0.25, 0.3) is 10.2 Å². The van der Waals surface area contributed by atoms with Gasteiger partial charge in [0.05, 0.1) is 11.5 Å². The molecule has 0 bridgehead atoms. The topological polar surface area (TPSA) is 71.3 Å². The van der Waals surface area contributed by atoms with Gasteiger partial charge in [0.2, 0.25) is 5.88 Å². The third-order valence-electron chi connectivity index (χ3n) is 7.41. The van der Waals surface area contributed by atoms with Crippen molar-refractivity contribution < 1.29 is 9.16 Å². The highest BCUT2D eigenvalue weighted by Crippen LogP contribution is 2.48. The van der Waals surface area contributed by atoms with Gasteiger partial charge >= 0.3 is 0 Å². The summed E-state index contributed by atoms with van der Waals surface area (Å²) < 4.78 is 12.7. The molecule has 2 aromatic rings. The molecule has 1 aliphatic heterocycles. The Balaban J connectivity index is 1.32. The van der Waals surface area contributed by atoms with Crippen LogP contribution in [0.3, 0.4) is 0 Å². The Labute approximate surface area is 202 Å². The predicted octanol–water partition coefficient (Wildman–Crippen LogP) is 5.64. The number of ether oxygens (including phenoxy) is 1. The summed E-state index contributed by atoms with van der Waals surface area (Å²) in [5.41, 5.74) is 1.33. The Hall–Kier alpha value is -1.53. The van der Waals surface area contributed by atoms with Crippen LogP contribution in [0, 0.1) is 11.3 Å². The molecule has 178 valence electrons. The first-order valence-electron chi connectivity index (χ1n) is 12.7. The third kappa shape index (κ3) is 5.12. The molecule has 0 aromatic carbocycles. The zero-order chi connectivity index (χ0) is 23.0. The number of hydrogen-bond acceptors (Lipinski definition) is 7. The predicted molar refractivity (Wildman–Crippen MR) is 134 cm³/mol. The fourth-order valence-electron chi connectivity index (χ4n) is 5.97. The Kier molecular flexibility index (Phi) is 6.76. The van der Waals surface area contributed by atoms with Gasteiger partial charge < -0.3 is 14.1 Å². The van der Waals surface area contributed by atoms with Crippen LogP contribution in [0.1, 0.15) is 67.7 Å². The van der Waals surface area contributed by atoms with Gasteiger partial charge in [-0.05, 0) is 102 Å². The molecule has 2 aromatic heterocycles. The number of rotatable bonds is 7. The number of nitrogens with zero attached hydrogens (tertiary/aromatic N) is 4. The van der Waals surface area contributed by atoms with E-state index in [9.17, 15) is 5.26 Å². The van der Waals surface area contributed by atoms with Crippen molar-refractivity contribution in [3.63, 3.8) is 0 Å². The number of hydrogen-bond donors (Lipinski definition) is 0. The second-order valence-electron chi connectivity index (χ2n) is 10.9. The second-order valence-corrected chi connectivity index (χ2v) is 16.5. The van der Waals surface area contributed by atoms with Gasteiger partial charge in [-0.1, -0.05) is 0 Å². The Morgan fingerprint density at radius 2 is 1.91 bits per heavy atom. The average Bonchev–Trinajstić information content (AvgIpc) is 3.51. The maximum atomic E-state index is 9.73. The SMILES string of the molecule is C[Si](C)(C)OC(C#N)C[C@H]1CCc2sc3ncnc(O[C@H]4CC[C@H](N5CCCC5)CC4)c3c21. The standard InChI is InChI=1S/C25H36N4O2SSi/c1-33(2,3)31-20(15-26)14-17-6-11-21-22(17)23-24(27-16-28-25(23)32-21)30-19-9-7-18(8-10-19)29-12-4-5-13-29/h16-20H,4-14H2,1-3H3/t17-,18-,19-,20?/m1/s1. The molecular weight excluding hydrogens is 448 g/mol. The molecule has 0 amide bonds. The number of likely N-dealkylation sites (tertiary alicyclic amines) is 1. The highest BCUT2D eigenvalue weighted by molar-refractivity contribution is 7.19. The van der Waals surface area contributed by atoms with E-state index in [0.717, 1.165) is 54.2 Å². The zero-order valence-corrected chi connectivity index (χ0v) is 22.0. The quantitative estimate of drug-likeness (QED) is 0.474. The Morgan fingerprint density at radius 1 is 1.15 bits per heavy atom. The molecule has 0 radical (unpaired) electrons. The maximum Gasteiger partial charge on any atom is 0.225 e. The molecular formula is C25H36N4O2SSi. The highest BCUT2D eigenvalue weighted by Gasteiger charge is 2.34. The summed E-state index contributed by atoms with van der Waals surface area (Å²) in [5.74, 6) is 1.07. The molecule has 1 saturated carbocycles. The monoisotopic (exact) mass is 484 g/mol. The fraction of sp³-hybridized carbons (Fsp3) is 0.720. The van der Waals surface area contributed by atoms with Crippen molar-refractivity contribution in [1.29, 1.82) is 5.26 Å². The van der Waals surface area contributed by atoms with Gasteiger partial charge in [-0.25, -0.2) is 9.97 Å². The first kappa shape index (κ1) is 23.2. The minimum atomic E-state index is -1.77. The molecule has 8 heteroatoms. The highest BCUT2D eigenvalue weighted by atomic mass is 32.1. The molecule has 1 unspecified atom stereocenters. The lowest BCUT2D eigenvalue weighted by atomic mass is 9.92. The smallest absolute Gasteiger partial charge is 0.225 e. The van der Waals surface area contributed by atoms with Crippen molar-refractivity contribution in [2.24, 2.45) is 0 Å². The molecule has 3 heterocycles. The third-order valence-corrected chi connectivity index (χ3v) is 9.58. The van der Waals surface area contributed by atoms with E-state index in [4.69, 9.17) is 9.16 Å². The van der Waals surface area contributed by atoms with E-state index in [2.05, 4.69) is 40.6 Å². The number of nitriles is 1. The molecule has 0 N–H and O–H groups in total. The summed E-state index contributed by atoms with van der Waals surface area (Å²) in [6, 6.07) is 3.15. The van der Waals surface area contributed by atoms with Gasteiger partial charge in [-0.2, -0.15) is 5.26 Å². The molecule has 5 rings (SSSR count). The van der Waals surface area contributed by atoms with Crippen LogP contribution >= 0.6 is 11.3 Å². The first-order chi connectivity index (χ1) is 15.9. The van der Waals surface area contributed by atoms with E-state index >= 15 is 0 Å². The molecule has 33 heavy (non-hydrogen) atoms. The summed E-state index contributed by atoms with van der Waals surface area (Å²) in [5, 5.41) is 10.8. The molecule has 2 aliphatic carbocycles. The van der Waals surface area contributed by atoms with Crippen LogP contribution in [0.2, 0.25) is 19.6 Å². The van der Waals surface area contributed by atoms with E-state index < -0.39 is 8.32 Å². The molecule has 1 saturated heterocycles. The van der Waals surface area contributed by atoms with Crippen LogP contribution in [-0.2, 0) is 10.8 Å². The van der Waals surface area contributed by atoms with E-state index in [1.165, 1.54) is 49.2 Å². The summed E-state index contributed by atoms with van der Waals surface area (Å²) in [7, 11) is -1.77. The van der Waals surface area contributed by atoms with Crippen LogP contribution in [-0.4, -0.2) is 54.5 Å². The Bertz CT molecular complexity index is 1020. The van der Waals surface area contributed by atoms with Crippen molar-refractivity contribution in [2.75, 3.05) is 13.1 Å². The van der Waals surface area contributed by atoms with E-state index in [1.54, 1.807) is 17.7 Å². The second kappa shape index (κ2) is 9.61. The summed E-state index contributed by atoms with van der Waals surface area (Å²) in [6.45, 7) is 8.99. The lowest BCUT2D eigenvalue weighted by Gasteiger charge is -2.34.